The van der Waals surface area contributed by atoms with Gasteiger partial charge in [0.25, 0.3) is 0 Å². The Hall–Kier alpha value is -4.51. The second-order valence-corrected chi connectivity index (χ2v) is 14.8. The van der Waals surface area contributed by atoms with Crippen LogP contribution in [0, 0.1) is 19.1 Å². The fraction of sp³-hybridized carbons (Fsp3) is 0.256. The van der Waals surface area contributed by atoms with Crippen molar-refractivity contribution in [2.24, 2.45) is 0 Å². The summed E-state index contributed by atoms with van der Waals surface area (Å²) in [6, 6.07) is 38.2. The SMILES string of the molecule is Cc1ccnc(-n2c3[c-]c(Oc4[c-]c(-n5nc(C(C)(C)C)c(-c6ccccc6)c5CCO)cc(C(C)(C)C)c4)ccc3c3ccccc32)c1.[Pt+2]. The van der Waals surface area contributed by atoms with E-state index in [-0.39, 0.29) is 38.5 Å². The molecule has 50 heavy (non-hydrogen) atoms. The van der Waals surface area contributed by atoms with Crippen molar-refractivity contribution in [3.63, 3.8) is 0 Å². The van der Waals surface area contributed by atoms with Crippen LogP contribution in [0.5, 0.6) is 11.5 Å². The molecule has 3 heterocycles. The summed E-state index contributed by atoms with van der Waals surface area (Å²) in [6.07, 6.45) is 2.29. The van der Waals surface area contributed by atoms with Gasteiger partial charge in [0.15, 0.2) is 0 Å². The first-order chi connectivity index (χ1) is 23.4. The van der Waals surface area contributed by atoms with E-state index in [1.54, 1.807) is 0 Å². The second-order valence-electron chi connectivity index (χ2n) is 14.8. The van der Waals surface area contributed by atoms with Gasteiger partial charge in [-0.1, -0.05) is 95.6 Å². The third-order valence-electron chi connectivity index (χ3n) is 8.93. The van der Waals surface area contributed by atoms with Crippen molar-refractivity contribution >= 4 is 21.8 Å². The number of aryl methyl sites for hydroxylation is 1. The van der Waals surface area contributed by atoms with Crippen LogP contribution in [0.15, 0.2) is 97.2 Å². The predicted molar refractivity (Wildman–Crippen MR) is 198 cm³/mol. The van der Waals surface area contributed by atoms with Crippen LogP contribution in [0.2, 0.25) is 0 Å². The number of para-hydroxylation sites is 1. The molecule has 0 radical (unpaired) electrons. The molecule has 256 valence electrons. The summed E-state index contributed by atoms with van der Waals surface area (Å²) in [7, 11) is 0. The number of fused-ring (bicyclic) bond motifs is 3. The molecular formula is C43H42N4O2Pt. The number of ether oxygens (including phenoxy) is 1. The van der Waals surface area contributed by atoms with Crippen molar-refractivity contribution in [3.05, 3.63) is 132 Å². The van der Waals surface area contributed by atoms with E-state index in [1.807, 2.05) is 47.3 Å². The van der Waals surface area contributed by atoms with Gasteiger partial charge in [-0.2, -0.15) is 11.2 Å². The van der Waals surface area contributed by atoms with Gasteiger partial charge in [-0.15, -0.1) is 41.3 Å². The summed E-state index contributed by atoms with van der Waals surface area (Å²) >= 11 is 0. The van der Waals surface area contributed by atoms with Crippen LogP contribution >= 0.6 is 0 Å². The largest absolute Gasteiger partial charge is 2.00 e. The van der Waals surface area contributed by atoms with E-state index in [0.717, 1.165) is 67.0 Å². The zero-order chi connectivity index (χ0) is 34.5. The molecular weight excluding hydrogens is 800 g/mol. The number of pyridine rings is 1. The fourth-order valence-electron chi connectivity index (χ4n) is 6.49. The predicted octanol–water partition coefficient (Wildman–Crippen LogP) is 9.86. The molecule has 1 N–H and O–H groups in total. The van der Waals surface area contributed by atoms with Gasteiger partial charge in [-0.05, 0) is 52.7 Å². The van der Waals surface area contributed by atoms with E-state index >= 15 is 0 Å². The molecule has 7 heteroatoms. The van der Waals surface area contributed by atoms with Crippen LogP contribution in [0.25, 0.3) is 44.4 Å². The van der Waals surface area contributed by atoms with Crippen LogP contribution < -0.4 is 4.74 Å². The molecule has 0 aliphatic carbocycles. The van der Waals surface area contributed by atoms with E-state index in [9.17, 15) is 5.11 Å². The van der Waals surface area contributed by atoms with Crippen molar-refractivity contribution in [2.45, 2.75) is 65.7 Å². The molecule has 0 spiro atoms. The van der Waals surface area contributed by atoms with E-state index in [1.165, 1.54) is 0 Å². The van der Waals surface area contributed by atoms with E-state index < -0.39 is 0 Å². The number of hydrogen-bond donors (Lipinski definition) is 1. The van der Waals surface area contributed by atoms with Gasteiger partial charge in [0.2, 0.25) is 0 Å². The molecule has 0 fully saturated rings. The Morgan fingerprint density at radius 3 is 2.22 bits per heavy atom. The number of aromatic nitrogens is 4. The van der Waals surface area contributed by atoms with Crippen molar-refractivity contribution in [1.29, 1.82) is 0 Å². The Morgan fingerprint density at radius 2 is 1.52 bits per heavy atom. The average Bonchev–Trinajstić information content (AvgIpc) is 3.61. The summed E-state index contributed by atoms with van der Waals surface area (Å²) in [5.41, 5.74) is 8.55. The molecule has 0 aliphatic rings. The Bertz CT molecular complexity index is 2310. The third kappa shape index (κ3) is 6.67. The van der Waals surface area contributed by atoms with Crippen LogP contribution in [0.1, 0.15) is 64.1 Å². The molecule has 3 aromatic heterocycles. The Labute approximate surface area is 309 Å². The molecule has 4 aromatic carbocycles. The molecule has 0 saturated heterocycles. The molecule has 0 unspecified atom stereocenters. The van der Waals surface area contributed by atoms with E-state index in [0.29, 0.717) is 17.9 Å². The molecule has 0 amide bonds. The first kappa shape index (κ1) is 35.3. The summed E-state index contributed by atoms with van der Waals surface area (Å²) in [5, 5.41) is 17.7. The minimum absolute atomic E-state index is 0. The van der Waals surface area contributed by atoms with Gasteiger partial charge in [0.05, 0.1) is 11.4 Å². The molecule has 0 saturated carbocycles. The van der Waals surface area contributed by atoms with Crippen molar-refractivity contribution < 1.29 is 30.9 Å². The van der Waals surface area contributed by atoms with Gasteiger partial charge in [-0.25, -0.2) is 4.98 Å². The standard InChI is InChI=1S/C43H42N4O2.Pt/c1-28-19-21-44-39(23-28)46-36-16-12-11-15-34(36)35-18-17-32(27-38(35)46)49-33-25-30(42(2,3)4)24-31(26-33)47-37(20-22-48)40(29-13-9-8-10-14-29)41(45-47)43(5,6)7;/h8-19,21,23-25,48H,20,22H2,1-7H3;/q-2;+2. The number of aliphatic hydroxyl groups excluding tert-OH is 1. The van der Waals surface area contributed by atoms with Crippen molar-refractivity contribution in [3.8, 4) is 34.1 Å². The van der Waals surface area contributed by atoms with E-state index in [2.05, 4.69) is 120 Å². The third-order valence-corrected chi connectivity index (χ3v) is 8.93. The number of rotatable bonds is 7. The average molecular weight is 842 g/mol. The zero-order valence-corrected chi connectivity index (χ0v) is 31.9. The number of nitrogens with zero attached hydrogens (tertiary/aromatic N) is 4. The van der Waals surface area contributed by atoms with Gasteiger partial charge < -0.3 is 14.4 Å². The second kappa shape index (κ2) is 13.7. The van der Waals surface area contributed by atoms with Gasteiger partial charge >= 0.3 is 21.1 Å². The first-order valence-electron chi connectivity index (χ1n) is 16.9. The van der Waals surface area contributed by atoms with Crippen LogP contribution in [-0.4, -0.2) is 31.0 Å². The number of benzene rings is 4. The van der Waals surface area contributed by atoms with Crippen molar-refractivity contribution in [1.82, 2.24) is 19.3 Å². The summed E-state index contributed by atoms with van der Waals surface area (Å²) in [6.45, 7) is 15.2. The van der Waals surface area contributed by atoms with Gasteiger partial charge in [0, 0.05) is 47.2 Å². The van der Waals surface area contributed by atoms with Crippen LogP contribution in [0.4, 0.5) is 0 Å². The maximum atomic E-state index is 10.3. The van der Waals surface area contributed by atoms with Crippen LogP contribution in [-0.2, 0) is 38.3 Å². The summed E-state index contributed by atoms with van der Waals surface area (Å²) in [4.78, 5) is 4.72. The van der Waals surface area contributed by atoms with Crippen molar-refractivity contribution in [2.75, 3.05) is 6.61 Å². The topological polar surface area (TPSA) is 65.1 Å². The van der Waals surface area contributed by atoms with Gasteiger partial charge in [-0.3, -0.25) is 4.68 Å². The molecule has 0 bridgehead atoms. The normalized spacial score (nSPS) is 12.0. The Balaban J connectivity index is 0.00000432. The smallest absolute Gasteiger partial charge is 0.509 e. The van der Waals surface area contributed by atoms with Crippen LogP contribution in [0.3, 0.4) is 0 Å². The molecule has 7 aromatic rings. The number of hydrogen-bond acceptors (Lipinski definition) is 4. The van der Waals surface area contributed by atoms with Gasteiger partial charge in [0.1, 0.15) is 5.82 Å². The fourth-order valence-corrected chi connectivity index (χ4v) is 6.49. The minimum Gasteiger partial charge on any atom is -0.509 e. The Morgan fingerprint density at radius 1 is 0.780 bits per heavy atom. The zero-order valence-electron chi connectivity index (χ0n) is 29.6. The maximum Gasteiger partial charge on any atom is 2.00 e. The van der Waals surface area contributed by atoms with E-state index in [4.69, 9.17) is 14.8 Å². The minimum atomic E-state index is -0.240. The molecule has 0 atom stereocenters. The summed E-state index contributed by atoms with van der Waals surface area (Å²) < 4.78 is 10.8. The quantitative estimate of drug-likeness (QED) is 0.163. The molecule has 7 rings (SSSR count). The monoisotopic (exact) mass is 841 g/mol. The maximum absolute atomic E-state index is 10.3. The summed E-state index contributed by atoms with van der Waals surface area (Å²) in [5.74, 6) is 1.98. The number of aliphatic hydroxyl groups is 1. The molecule has 6 nitrogen and oxygen atoms in total. The first-order valence-corrected chi connectivity index (χ1v) is 16.9. The molecule has 0 aliphatic heterocycles. The Kier molecular flexibility index (Phi) is 9.65.